The first-order valence-electron chi connectivity index (χ1n) is 14.6. The summed E-state index contributed by atoms with van der Waals surface area (Å²) in [5, 5.41) is 2.95. The summed E-state index contributed by atoms with van der Waals surface area (Å²) in [6, 6.07) is 8.64. The summed E-state index contributed by atoms with van der Waals surface area (Å²) in [5.74, 6) is 0. The van der Waals surface area contributed by atoms with E-state index in [2.05, 4.69) is 60.4 Å². The van der Waals surface area contributed by atoms with Gasteiger partial charge in [-0.2, -0.15) is 0 Å². The summed E-state index contributed by atoms with van der Waals surface area (Å²) in [6.07, 6.45) is 11.2. The summed E-state index contributed by atoms with van der Waals surface area (Å²) in [4.78, 5) is 18.1. The number of aryl methyl sites for hydroxylation is 1. The Hall–Kier alpha value is -2.29. The highest BCUT2D eigenvalue weighted by atomic mass is 32.1. The minimum absolute atomic E-state index is 0.148. The standard InChI is InChI=1S/C22H36N4O.C9H14FNS/c1-4-23(3)18-13-19(2)26-21-12-7-6-11-20(21)25(22(26)27)17-10-16-24-14-8-5-9-15-24;1-3-9(5-4-6-10)8(2)11-7-12/h6-7,11-12,19H,4-5,8-10,13-18H2,1-3H3;3-5,7-8H,6H2,1-2H3,(H,11,12)/b;5-4-,9-3+. The van der Waals surface area contributed by atoms with E-state index >= 15 is 0 Å². The van der Waals surface area contributed by atoms with Crippen molar-refractivity contribution in [1.29, 1.82) is 0 Å². The van der Waals surface area contributed by atoms with Crippen LogP contribution in [0, 0.1) is 0 Å². The monoisotopic (exact) mass is 559 g/mol. The Balaban J connectivity index is 0.000000377. The summed E-state index contributed by atoms with van der Waals surface area (Å²) < 4.78 is 15.8. The van der Waals surface area contributed by atoms with Gasteiger partial charge in [0.1, 0.15) is 6.67 Å². The van der Waals surface area contributed by atoms with Crippen molar-refractivity contribution in [1.82, 2.24) is 24.3 Å². The van der Waals surface area contributed by atoms with E-state index in [0.717, 1.165) is 55.6 Å². The molecule has 8 heteroatoms. The van der Waals surface area contributed by atoms with Crippen LogP contribution in [0.25, 0.3) is 11.0 Å². The molecule has 2 aromatic rings. The van der Waals surface area contributed by atoms with Gasteiger partial charge >= 0.3 is 5.69 Å². The van der Waals surface area contributed by atoms with Crippen LogP contribution < -0.4 is 11.0 Å². The van der Waals surface area contributed by atoms with E-state index in [-0.39, 0.29) is 17.8 Å². The van der Waals surface area contributed by atoms with Crippen LogP contribution in [-0.2, 0) is 6.54 Å². The molecule has 0 amide bonds. The largest absolute Gasteiger partial charge is 0.376 e. The number of hydrogen-bond donors (Lipinski definition) is 1. The number of nitrogens with zero attached hydrogens (tertiary/aromatic N) is 4. The Kier molecular flexibility index (Phi) is 15.3. The molecule has 0 bridgehead atoms. The highest BCUT2D eigenvalue weighted by Gasteiger charge is 2.18. The van der Waals surface area contributed by atoms with Gasteiger partial charge in [0.05, 0.1) is 16.5 Å². The number of para-hydroxylation sites is 2. The normalized spacial score (nSPS) is 16.3. The van der Waals surface area contributed by atoms with E-state index in [9.17, 15) is 9.18 Å². The Morgan fingerprint density at radius 1 is 1.15 bits per heavy atom. The number of hydrogen-bond acceptors (Lipinski definition) is 4. The van der Waals surface area contributed by atoms with Crippen LogP contribution >= 0.6 is 12.2 Å². The maximum Gasteiger partial charge on any atom is 0.329 e. The Morgan fingerprint density at radius 3 is 2.46 bits per heavy atom. The molecule has 39 heavy (non-hydrogen) atoms. The lowest BCUT2D eigenvalue weighted by molar-refractivity contribution is 0.222. The third kappa shape index (κ3) is 10.3. The number of allylic oxidation sites excluding steroid dienone is 2. The number of thiocarbonyl (C=S) groups is 1. The van der Waals surface area contributed by atoms with Crippen molar-refractivity contribution >= 4 is 28.7 Å². The topological polar surface area (TPSA) is 45.4 Å². The molecule has 0 saturated carbocycles. The molecule has 0 spiro atoms. The fourth-order valence-corrected chi connectivity index (χ4v) is 5.28. The van der Waals surface area contributed by atoms with Crippen molar-refractivity contribution in [2.24, 2.45) is 0 Å². The SMILES string of the molecule is C/C=C(\C=C/CF)C(C)NC=S.CCN(C)CCC(C)n1c(=O)n(CCCN2CCCCC2)c2ccccc21. The molecule has 3 rings (SSSR count). The van der Waals surface area contributed by atoms with Crippen LogP contribution in [-0.4, -0.2) is 76.9 Å². The van der Waals surface area contributed by atoms with Gasteiger partial charge in [-0.05, 0) is 104 Å². The maximum absolute atomic E-state index is 13.2. The van der Waals surface area contributed by atoms with Crippen LogP contribution in [0.1, 0.15) is 65.8 Å². The first kappa shape index (κ1) is 32.9. The molecule has 1 aliphatic heterocycles. The predicted octanol–water partition coefficient (Wildman–Crippen LogP) is 5.98. The molecule has 218 valence electrons. The molecular formula is C31H50FN5OS. The first-order chi connectivity index (χ1) is 18.9. The number of halogens is 1. The smallest absolute Gasteiger partial charge is 0.329 e. The van der Waals surface area contributed by atoms with Gasteiger partial charge in [0.25, 0.3) is 0 Å². The molecule has 1 N–H and O–H groups in total. The lowest BCUT2D eigenvalue weighted by Crippen LogP contribution is -2.32. The Labute approximate surface area is 240 Å². The van der Waals surface area contributed by atoms with Crippen molar-refractivity contribution < 1.29 is 4.39 Å². The van der Waals surface area contributed by atoms with Gasteiger partial charge in [-0.1, -0.05) is 55.9 Å². The van der Waals surface area contributed by atoms with E-state index in [1.165, 1.54) is 43.9 Å². The van der Waals surface area contributed by atoms with Crippen molar-refractivity contribution in [2.45, 2.75) is 78.4 Å². The molecule has 1 saturated heterocycles. The van der Waals surface area contributed by atoms with Gasteiger partial charge in [-0.3, -0.25) is 9.13 Å². The lowest BCUT2D eigenvalue weighted by atomic mass is 10.1. The number of aromatic nitrogens is 2. The number of piperidine rings is 1. The number of alkyl halides is 1. The fourth-order valence-electron chi connectivity index (χ4n) is 5.07. The minimum Gasteiger partial charge on any atom is -0.376 e. The van der Waals surface area contributed by atoms with Crippen molar-refractivity contribution in [2.75, 3.05) is 46.4 Å². The van der Waals surface area contributed by atoms with E-state index in [1.54, 1.807) is 6.08 Å². The average Bonchev–Trinajstić information content (AvgIpc) is 3.24. The molecular weight excluding hydrogens is 509 g/mol. The molecule has 1 aromatic heterocycles. The van der Waals surface area contributed by atoms with E-state index < -0.39 is 6.67 Å². The zero-order chi connectivity index (χ0) is 28.6. The molecule has 0 radical (unpaired) electrons. The van der Waals surface area contributed by atoms with E-state index in [0.29, 0.717) is 0 Å². The summed E-state index contributed by atoms with van der Waals surface area (Å²) in [5.41, 5.74) is 4.82. The fraction of sp³-hybridized carbons (Fsp3) is 0.613. The molecule has 6 nitrogen and oxygen atoms in total. The zero-order valence-corrected chi connectivity index (χ0v) is 25.6. The van der Waals surface area contributed by atoms with Crippen LogP contribution in [0.5, 0.6) is 0 Å². The van der Waals surface area contributed by atoms with Crippen LogP contribution in [0.4, 0.5) is 4.39 Å². The lowest BCUT2D eigenvalue weighted by Gasteiger charge is -2.26. The Bertz CT molecular complexity index is 1100. The second-order valence-electron chi connectivity index (χ2n) is 10.4. The minimum atomic E-state index is -0.429. The predicted molar refractivity (Wildman–Crippen MR) is 169 cm³/mol. The first-order valence-corrected chi connectivity index (χ1v) is 15.0. The number of imidazole rings is 1. The van der Waals surface area contributed by atoms with Crippen LogP contribution in [0.15, 0.2) is 52.9 Å². The summed E-state index contributed by atoms with van der Waals surface area (Å²) >= 11 is 4.65. The quantitative estimate of drug-likeness (QED) is 0.228. The van der Waals surface area contributed by atoms with Gasteiger partial charge in [-0.25, -0.2) is 9.18 Å². The van der Waals surface area contributed by atoms with Crippen molar-refractivity contribution in [3.8, 4) is 0 Å². The van der Waals surface area contributed by atoms with Gasteiger partial charge in [0.2, 0.25) is 0 Å². The highest BCUT2D eigenvalue weighted by molar-refractivity contribution is 7.78. The van der Waals surface area contributed by atoms with Crippen LogP contribution in [0.2, 0.25) is 0 Å². The number of nitrogens with one attached hydrogen (secondary N) is 1. The van der Waals surface area contributed by atoms with Crippen LogP contribution in [0.3, 0.4) is 0 Å². The third-order valence-electron chi connectivity index (χ3n) is 7.63. The number of fused-ring (bicyclic) bond motifs is 1. The molecule has 2 atom stereocenters. The number of benzene rings is 1. The average molecular weight is 560 g/mol. The Morgan fingerprint density at radius 2 is 1.85 bits per heavy atom. The highest BCUT2D eigenvalue weighted by Crippen LogP contribution is 2.20. The van der Waals surface area contributed by atoms with Crippen molar-refractivity contribution in [3.63, 3.8) is 0 Å². The zero-order valence-electron chi connectivity index (χ0n) is 24.7. The maximum atomic E-state index is 13.2. The molecule has 2 unspecified atom stereocenters. The van der Waals surface area contributed by atoms with Gasteiger partial charge in [-0.15, -0.1) is 0 Å². The molecule has 0 aliphatic carbocycles. The molecule has 2 heterocycles. The second-order valence-corrected chi connectivity index (χ2v) is 10.7. The third-order valence-corrected chi connectivity index (χ3v) is 7.77. The number of rotatable bonds is 14. The van der Waals surface area contributed by atoms with Gasteiger partial charge in [0.15, 0.2) is 0 Å². The molecule has 1 aromatic carbocycles. The molecule has 1 fully saturated rings. The summed E-state index contributed by atoms with van der Waals surface area (Å²) in [6.45, 7) is 14.2. The van der Waals surface area contributed by atoms with Gasteiger partial charge < -0.3 is 15.1 Å². The number of likely N-dealkylation sites (tertiary alicyclic amines) is 1. The molecule has 1 aliphatic rings. The second kappa shape index (κ2) is 18.1. The van der Waals surface area contributed by atoms with E-state index in [1.807, 2.05) is 41.2 Å². The van der Waals surface area contributed by atoms with E-state index in [4.69, 9.17) is 0 Å². The van der Waals surface area contributed by atoms with Crippen molar-refractivity contribution in [3.05, 3.63) is 58.6 Å². The van der Waals surface area contributed by atoms with Gasteiger partial charge in [0, 0.05) is 18.6 Å². The summed E-state index contributed by atoms with van der Waals surface area (Å²) in [7, 11) is 2.14.